The highest BCUT2D eigenvalue weighted by atomic mass is 19.4. The molecule has 0 bridgehead atoms. The zero-order valence-corrected chi connectivity index (χ0v) is 13.1. The first-order valence-electron chi connectivity index (χ1n) is 7.74. The van der Waals surface area contributed by atoms with Gasteiger partial charge in [-0.3, -0.25) is 0 Å². The Labute approximate surface area is 121 Å². The summed E-state index contributed by atoms with van der Waals surface area (Å²) in [5.41, 5.74) is -0.127. The quantitative estimate of drug-likeness (QED) is 0.528. The fourth-order valence-corrected chi connectivity index (χ4v) is 2.02. The number of ether oxygens (including phenoxy) is 1. The SMILES string of the molecule is CCCCCCC(C)(CC)OCCCNCC(F)(F)F. The number of hydrogen-bond donors (Lipinski definition) is 1. The highest BCUT2D eigenvalue weighted by molar-refractivity contribution is 4.73. The molecule has 0 saturated carbocycles. The van der Waals surface area contributed by atoms with Gasteiger partial charge in [-0.05, 0) is 32.7 Å². The molecule has 0 rings (SSSR count). The standard InChI is InChI=1S/C15H30F3NO/c1-4-6-7-8-10-14(3,5-2)20-12-9-11-19-13-15(16,17)18/h19H,4-13H2,1-3H3. The maximum Gasteiger partial charge on any atom is 0.401 e. The van der Waals surface area contributed by atoms with Crippen molar-refractivity contribution >= 4 is 0 Å². The van der Waals surface area contributed by atoms with Crippen molar-refractivity contribution < 1.29 is 17.9 Å². The van der Waals surface area contributed by atoms with Crippen LogP contribution in [-0.4, -0.2) is 31.5 Å². The van der Waals surface area contributed by atoms with E-state index < -0.39 is 12.7 Å². The lowest BCUT2D eigenvalue weighted by Crippen LogP contribution is -2.32. The average molecular weight is 297 g/mol. The van der Waals surface area contributed by atoms with Gasteiger partial charge in [0.2, 0.25) is 0 Å². The molecule has 0 saturated heterocycles. The Morgan fingerprint density at radius 3 is 2.25 bits per heavy atom. The zero-order valence-electron chi connectivity index (χ0n) is 13.1. The number of unbranched alkanes of at least 4 members (excludes halogenated alkanes) is 3. The Hall–Kier alpha value is -0.290. The first kappa shape index (κ1) is 19.7. The summed E-state index contributed by atoms with van der Waals surface area (Å²) in [5, 5.41) is 2.38. The second-order valence-electron chi connectivity index (χ2n) is 5.61. The van der Waals surface area contributed by atoms with E-state index in [4.69, 9.17) is 4.74 Å². The summed E-state index contributed by atoms with van der Waals surface area (Å²) < 4.78 is 41.6. The summed E-state index contributed by atoms with van der Waals surface area (Å²) >= 11 is 0. The predicted molar refractivity (Wildman–Crippen MR) is 76.9 cm³/mol. The third-order valence-electron chi connectivity index (χ3n) is 3.58. The first-order chi connectivity index (χ1) is 9.33. The molecule has 0 heterocycles. The molecule has 122 valence electrons. The van der Waals surface area contributed by atoms with Crippen LogP contribution in [-0.2, 0) is 4.74 Å². The predicted octanol–water partition coefficient (Wildman–Crippen LogP) is 4.68. The van der Waals surface area contributed by atoms with Gasteiger partial charge in [0, 0.05) is 6.61 Å². The largest absolute Gasteiger partial charge is 0.401 e. The van der Waals surface area contributed by atoms with Gasteiger partial charge in [-0.25, -0.2) is 0 Å². The molecule has 5 heteroatoms. The average Bonchev–Trinajstić information content (AvgIpc) is 2.38. The Balaban J connectivity index is 3.67. The van der Waals surface area contributed by atoms with Gasteiger partial charge in [-0.1, -0.05) is 39.5 Å². The Morgan fingerprint density at radius 1 is 1.00 bits per heavy atom. The molecule has 0 radical (unpaired) electrons. The molecular formula is C15H30F3NO. The van der Waals surface area contributed by atoms with E-state index in [2.05, 4.69) is 26.1 Å². The van der Waals surface area contributed by atoms with Gasteiger partial charge in [-0.2, -0.15) is 13.2 Å². The summed E-state index contributed by atoms with van der Waals surface area (Å²) in [4.78, 5) is 0. The molecule has 0 fully saturated rings. The molecule has 0 aliphatic rings. The Morgan fingerprint density at radius 2 is 1.70 bits per heavy atom. The van der Waals surface area contributed by atoms with Gasteiger partial charge in [-0.15, -0.1) is 0 Å². The number of alkyl halides is 3. The van der Waals surface area contributed by atoms with E-state index in [9.17, 15) is 13.2 Å². The third kappa shape index (κ3) is 11.5. The summed E-state index contributed by atoms with van der Waals surface area (Å²) in [6, 6.07) is 0. The molecule has 0 aromatic rings. The lowest BCUT2D eigenvalue weighted by molar-refractivity contribution is -0.125. The van der Waals surface area contributed by atoms with Gasteiger partial charge in [0.1, 0.15) is 0 Å². The molecule has 1 unspecified atom stereocenters. The molecule has 20 heavy (non-hydrogen) atoms. The summed E-state index contributed by atoms with van der Waals surface area (Å²) in [6.07, 6.45) is 3.30. The van der Waals surface area contributed by atoms with Crippen LogP contribution in [0.3, 0.4) is 0 Å². The van der Waals surface area contributed by atoms with Gasteiger partial charge in [0.05, 0.1) is 12.1 Å². The van der Waals surface area contributed by atoms with Crippen molar-refractivity contribution in [2.75, 3.05) is 19.7 Å². The van der Waals surface area contributed by atoms with Crippen molar-refractivity contribution in [1.29, 1.82) is 0 Å². The third-order valence-corrected chi connectivity index (χ3v) is 3.58. The summed E-state index contributed by atoms with van der Waals surface area (Å²) in [7, 11) is 0. The molecule has 1 atom stereocenters. The van der Waals surface area contributed by atoms with Crippen molar-refractivity contribution in [1.82, 2.24) is 5.32 Å². The first-order valence-corrected chi connectivity index (χ1v) is 7.74. The molecular weight excluding hydrogens is 267 g/mol. The van der Waals surface area contributed by atoms with Crippen molar-refractivity contribution in [3.05, 3.63) is 0 Å². The monoisotopic (exact) mass is 297 g/mol. The molecule has 2 nitrogen and oxygen atoms in total. The van der Waals surface area contributed by atoms with Crippen LogP contribution in [0.1, 0.15) is 65.7 Å². The number of nitrogens with one attached hydrogen (secondary N) is 1. The van der Waals surface area contributed by atoms with Gasteiger partial charge in [0.25, 0.3) is 0 Å². The Bertz CT molecular complexity index is 234. The van der Waals surface area contributed by atoms with Gasteiger partial charge in [0.15, 0.2) is 0 Å². The smallest absolute Gasteiger partial charge is 0.375 e. The van der Waals surface area contributed by atoms with Crippen LogP contribution < -0.4 is 5.32 Å². The van der Waals surface area contributed by atoms with Crippen LogP contribution in [0.4, 0.5) is 13.2 Å². The number of rotatable bonds is 12. The normalized spacial score (nSPS) is 15.3. The van der Waals surface area contributed by atoms with E-state index >= 15 is 0 Å². The second-order valence-corrected chi connectivity index (χ2v) is 5.61. The molecule has 0 aliphatic heterocycles. The topological polar surface area (TPSA) is 21.3 Å². The highest BCUT2D eigenvalue weighted by Crippen LogP contribution is 2.23. The second kappa shape index (κ2) is 10.4. The lowest BCUT2D eigenvalue weighted by Gasteiger charge is -2.29. The van der Waals surface area contributed by atoms with E-state index in [1.165, 1.54) is 19.3 Å². The highest BCUT2D eigenvalue weighted by Gasteiger charge is 2.26. The van der Waals surface area contributed by atoms with Crippen LogP contribution in [0.2, 0.25) is 0 Å². The zero-order chi connectivity index (χ0) is 15.5. The molecule has 0 spiro atoms. The van der Waals surface area contributed by atoms with Gasteiger partial charge >= 0.3 is 6.18 Å². The molecule has 0 aliphatic carbocycles. The van der Waals surface area contributed by atoms with Crippen LogP contribution in [0.5, 0.6) is 0 Å². The van der Waals surface area contributed by atoms with Gasteiger partial charge < -0.3 is 10.1 Å². The van der Waals surface area contributed by atoms with E-state index in [1.807, 2.05) is 0 Å². The van der Waals surface area contributed by atoms with Crippen molar-refractivity contribution in [3.8, 4) is 0 Å². The summed E-state index contributed by atoms with van der Waals surface area (Å²) in [6.45, 7) is 6.32. The molecule has 1 N–H and O–H groups in total. The van der Waals surface area contributed by atoms with Crippen molar-refractivity contribution in [2.24, 2.45) is 0 Å². The fraction of sp³-hybridized carbons (Fsp3) is 1.00. The van der Waals surface area contributed by atoms with E-state index in [1.54, 1.807) is 0 Å². The minimum atomic E-state index is -4.13. The molecule has 0 amide bonds. The Kier molecular flexibility index (Phi) is 10.3. The van der Waals surface area contributed by atoms with E-state index in [-0.39, 0.29) is 5.60 Å². The van der Waals surface area contributed by atoms with Crippen LogP contribution in [0, 0.1) is 0 Å². The van der Waals surface area contributed by atoms with Crippen LogP contribution >= 0.6 is 0 Å². The number of halogens is 3. The van der Waals surface area contributed by atoms with E-state index in [0.29, 0.717) is 19.6 Å². The van der Waals surface area contributed by atoms with Crippen LogP contribution in [0.15, 0.2) is 0 Å². The molecule has 0 aromatic carbocycles. The van der Waals surface area contributed by atoms with Crippen LogP contribution in [0.25, 0.3) is 0 Å². The van der Waals surface area contributed by atoms with Crippen molar-refractivity contribution in [3.63, 3.8) is 0 Å². The number of hydrogen-bond acceptors (Lipinski definition) is 2. The molecule has 0 aromatic heterocycles. The minimum absolute atomic E-state index is 0.127. The summed E-state index contributed by atoms with van der Waals surface area (Å²) in [5.74, 6) is 0. The maximum absolute atomic E-state index is 11.9. The van der Waals surface area contributed by atoms with Crippen molar-refractivity contribution in [2.45, 2.75) is 77.5 Å². The van der Waals surface area contributed by atoms with E-state index in [0.717, 1.165) is 19.3 Å². The minimum Gasteiger partial charge on any atom is -0.375 e. The lowest BCUT2D eigenvalue weighted by atomic mass is 9.95. The maximum atomic E-state index is 11.9. The fourth-order valence-electron chi connectivity index (χ4n) is 2.02.